The second-order valence-electron chi connectivity index (χ2n) is 4.31. The first-order valence-electron chi connectivity index (χ1n) is 5.83. The average Bonchev–Trinajstić information content (AvgIpc) is 2.40. The molecule has 0 aromatic heterocycles. The van der Waals surface area contributed by atoms with Crippen LogP contribution in [0.5, 0.6) is 0 Å². The van der Waals surface area contributed by atoms with E-state index in [1.165, 1.54) is 6.07 Å². The summed E-state index contributed by atoms with van der Waals surface area (Å²) in [6.45, 7) is 0. The van der Waals surface area contributed by atoms with Crippen LogP contribution in [0.4, 0.5) is 13.2 Å². The van der Waals surface area contributed by atoms with E-state index in [0.29, 0.717) is 5.56 Å². The van der Waals surface area contributed by atoms with Crippen molar-refractivity contribution >= 4 is 23.3 Å². The van der Waals surface area contributed by atoms with E-state index >= 15 is 0 Å². The summed E-state index contributed by atoms with van der Waals surface area (Å²) in [7, 11) is 0. The first kappa shape index (κ1) is 15.4. The largest absolute Gasteiger partial charge is 0.416 e. The number of rotatable bonds is 3. The quantitative estimate of drug-likeness (QED) is 0.798. The predicted octanol–water partition coefficient (Wildman–Crippen LogP) is 3.74. The van der Waals surface area contributed by atoms with Gasteiger partial charge < -0.3 is 0 Å². The molecule has 0 atom stereocenters. The molecule has 110 valence electrons. The smallest absolute Gasteiger partial charge is 0.284 e. The lowest BCUT2D eigenvalue weighted by Crippen LogP contribution is -2.11. The van der Waals surface area contributed by atoms with Gasteiger partial charge in [-0.3, -0.25) is 9.59 Å². The molecule has 1 amide bonds. The van der Waals surface area contributed by atoms with Gasteiger partial charge in [0.1, 0.15) is 0 Å². The summed E-state index contributed by atoms with van der Waals surface area (Å²) in [4.78, 5) is 21.9. The second kappa shape index (κ2) is 5.77. The zero-order chi connectivity index (χ0) is 15.6. The maximum absolute atomic E-state index is 12.5. The molecule has 0 spiro atoms. The number of halogens is 4. The Morgan fingerprint density at radius 2 is 1.81 bits per heavy atom. The third kappa shape index (κ3) is 3.75. The third-order valence-electron chi connectivity index (χ3n) is 2.81. The van der Waals surface area contributed by atoms with Crippen molar-refractivity contribution in [2.24, 2.45) is 10.2 Å². The Balaban J connectivity index is 2.08. The van der Waals surface area contributed by atoms with Crippen molar-refractivity contribution in [2.75, 3.05) is 0 Å². The number of benzene rings is 1. The summed E-state index contributed by atoms with van der Waals surface area (Å²) < 4.78 is 37.5. The van der Waals surface area contributed by atoms with Gasteiger partial charge >= 0.3 is 12.1 Å². The fraction of sp³-hybridized carbons (Fsp3) is 0.231. The Labute approximate surface area is 122 Å². The minimum atomic E-state index is -4.45. The van der Waals surface area contributed by atoms with E-state index in [0.717, 1.165) is 18.2 Å². The molecule has 1 aliphatic heterocycles. The van der Waals surface area contributed by atoms with Crippen LogP contribution in [0, 0.1) is 0 Å². The highest BCUT2D eigenvalue weighted by molar-refractivity contribution is 6.41. The number of ketones is 1. The number of hydrogen-bond donors (Lipinski definition) is 0. The minimum absolute atomic E-state index is 0.0134. The Morgan fingerprint density at radius 1 is 1.10 bits per heavy atom. The van der Waals surface area contributed by atoms with E-state index in [1.54, 1.807) is 0 Å². The monoisotopic (exact) mass is 316 g/mol. The molecule has 0 saturated carbocycles. The Morgan fingerprint density at radius 3 is 2.38 bits per heavy atom. The summed E-state index contributed by atoms with van der Waals surface area (Å²) in [6, 6.07) is 3.06. The van der Waals surface area contributed by atoms with Crippen molar-refractivity contribution < 1.29 is 22.8 Å². The van der Waals surface area contributed by atoms with Crippen LogP contribution in [-0.2, 0) is 22.2 Å². The lowest BCUT2D eigenvalue weighted by atomic mass is 10.0. The van der Waals surface area contributed by atoms with Gasteiger partial charge in [0.2, 0.25) is 5.78 Å². The average molecular weight is 317 g/mol. The number of alkyl halides is 3. The zero-order valence-electron chi connectivity index (χ0n) is 10.4. The summed E-state index contributed by atoms with van der Waals surface area (Å²) >= 11 is 5.81. The van der Waals surface area contributed by atoms with Crippen LogP contribution in [0.3, 0.4) is 0 Å². The lowest BCUT2D eigenvalue weighted by Gasteiger charge is -2.10. The number of amides is 1. The molecule has 2 rings (SSSR count). The lowest BCUT2D eigenvalue weighted by molar-refractivity contribution is -0.137. The van der Waals surface area contributed by atoms with Crippen LogP contribution in [0.15, 0.2) is 40.2 Å². The number of hydrogen-bond acceptors (Lipinski definition) is 3. The van der Waals surface area contributed by atoms with E-state index in [2.05, 4.69) is 10.2 Å². The molecule has 1 aromatic rings. The SMILES string of the molecule is O=C1C=C(CCc2ccc(C(F)(F)F)cc2Cl)N=NC1=O. The molecular weight excluding hydrogens is 309 g/mol. The highest BCUT2D eigenvalue weighted by Gasteiger charge is 2.30. The second-order valence-corrected chi connectivity index (χ2v) is 4.72. The first-order chi connectivity index (χ1) is 9.77. The Hall–Kier alpha value is -2.02. The van der Waals surface area contributed by atoms with Crippen LogP contribution in [0.2, 0.25) is 5.02 Å². The fourth-order valence-corrected chi connectivity index (χ4v) is 1.99. The Kier molecular flexibility index (Phi) is 4.22. The number of aryl methyl sites for hydroxylation is 1. The van der Waals surface area contributed by atoms with Crippen LogP contribution in [0.25, 0.3) is 0 Å². The standard InChI is InChI=1S/C13H8ClF3N2O2/c14-10-5-8(13(15,16)17)3-1-7(10)2-4-9-6-11(20)12(21)19-18-9/h1,3,5-6H,2,4H2. The van der Waals surface area contributed by atoms with Gasteiger partial charge in [0.25, 0.3) is 0 Å². The van der Waals surface area contributed by atoms with E-state index in [9.17, 15) is 22.8 Å². The number of azo groups is 1. The van der Waals surface area contributed by atoms with Crippen LogP contribution in [0.1, 0.15) is 17.5 Å². The molecule has 0 N–H and O–H groups in total. The van der Waals surface area contributed by atoms with Gasteiger partial charge in [-0.25, -0.2) is 0 Å². The molecule has 21 heavy (non-hydrogen) atoms. The summed E-state index contributed by atoms with van der Waals surface area (Å²) in [5, 5.41) is 6.70. The Bertz CT molecular complexity index is 666. The van der Waals surface area contributed by atoms with E-state index < -0.39 is 23.4 Å². The molecule has 0 saturated heterocycles. The molecule has 1 heterocycles. The number of nitrogens with zero attached hydrogens (tertiary/aromatic N) is 2. The van der Waals surface area contributed by atoms with Gasteiger partial charge in [-0.05, 0) is 30.5 Å². The molecular formula is C13H8ClF3N2O2. The zero-order valence-corrected chi connectivity index (χ0v) is 11.2. The van der Waals surface area contributed by atoms with Crippen molar-refractivity contribution in [3.8, 4) is 0 Å². The molecule has 1 aliphatic rings. The van der Waals surface area contributed by atoms with Crippen molar-refractivity contribution in [2.45, 2.75) is 19.0 Å². The first-order valence-corrected chi connectivity index (χ1v) is 6.21. The summed E-state index contributed by atoms with van der Waals surface area (Å²) in [5.74, 6) is -1.70. The highest BCUT2D eigenvalue weighted by atomic mass is 35.5. The highest BCUT2D eigenvalue weighted by Crippen LogP contribution is 2.32. The van der Waals surface area contributed by atoms with Gasteiger partial charge in [0, 0.05) is 11.1 Å². The van der Waals surface area contributed by atoms with E-state index in [-0.39, 0.29) is 23.6 Å². The number of carbonyl (C=O) groups excluding carboxylic acids is 2. The molecule has 0 unspecified atom stereocenters. The normalized spacial score (nSPS) is 15.3. The van der Waals surface area contributed by atoms with Crippen molar-refractivity contribution in [3.63, 3.8) is 0 Å². The van der Waals surface area contributed by atoms with Crippen LogP contribution in [-0.4, -0.2) is 11.7 Å². The topological polar surface area (TPSA) is 58.9 Å². The molecule has 4 nitrogen and oxygen atoms in total. The molecule has 0 bridgehead atoms. The van der Waals surface area contributed by atoms with E-state index in [4.69, 9.17) is 11.6 Å². The van der Waals surface area contributed by atoms with Gasteiger partial charge in [0.05, 0.1) is 11.3 Å². The molecule has 0 radical (unpaired) electrons. The maximum Gasteiger partial charge on any atom is 0.416 e. The number of carbonyl (C=O) groups is 2. The van der Waals surface area contributed by atoms with Crippen LogP contribution >= 0.6 is 11.6 Å². The number of allylic oxidation sites excluding steroid dienone is 1. The van der Waals surface area contributed by atoms with Crippen molar-refractivity contribution in [3.05, 3.63) is 46.1 Å². The maximum atomic E-state index is 12.5. The molecule has 0 aliphatic carbocycles. The summed E-state index contributed by atoms with van der Waals surface area (Å²) in [5.41, 5.74) is -0.0470. The van der Waals surface area contributed by atoms with Gasteiger partial charge in [-0.15, -0.1) is 5.11 Å². The van der Waals surface area contributed by atoms with Crippen LogP contribution < -0.4 is 0 Å². The van der Waals surface area contributed by atoms with Gasteiger partial charge in [-0.2, -0.15) is 18.3 Å². The van der Waals surface area contributed by atoms with Gasteiger partial charge in [-0.1, -0.05) is 17.7 Å². The van der Waals surface area contributed by atoms with E-state index in [1.807, 2.05) is 0 Å². The van der Waals surface area contributed by atoms with Crippen molar-refractivity contribution in [1.82, 2.24) is 0 Å². The predicted molar refractivity (Wildman–Crippen MR) is 67.7 cm³/mol. The molecule has 0 fully saturated rings. The molecule has 8 heteroatoms. The fourth-order valence-electron chi connectivity index (χ4n) is 1.71. The summed E-state index contributed by atoms with van der Waals surface area (Å²) in [6.07, 6.45) is -2.86. The van der Waals surface area contributed by atoms with Crippen molar-refractivity contribution in [1.29, 1.82) is 0 Å². The molecule has 1 aromatic carbocycles. The van der Waals surface area contributed by atoms with Gasteiger partial charge in [0.15, 0.2) is 0 Å². The third-order valence-corrected chi connectivity index (χ3v) is 3.16. The minimum Gasteiger partial charge on any atom is -0.284 e.